The second-order valence-electron chi connectivity index (χ2n) is 5.86. The molecule has 0 bridgehead atoms. The Kier molecular flexibility index (Phi) is 3.77. The van der Waals surface area contributed by atoms with Crippen LogP contribution in [-0.4, -0.2) is 43.4 Å². The predicted molar refractivity (Wildman–Crippen MR) is 79.1 cm³/mol. The van der Waals surface area contributed by atoms with Gasteiger partial charge in [-0.15, -0.1) is 0 Å². The molecule has 0 radical (unpaired) electrons. The molecule has 2 aromatic rings. The van der Waals surface area contributed by atoms with Crippen LogP contribution in [0.3, 0.4) is 0 Å². The number of piperidine rings is 1. The molecule has 0 spiro atoms. The van der Waals surface area contributed by atoms with E-state index < -0.39 is 0 Å². The van der Waals surface area contributed by atoms with Gasteiger partial charge in [-0.2, -0.15) is 0 Å². The summed E-state index contributed by atoms with van der Waals surface area (Å²) in [7, 11) is 0. The highest BCUT2D eigenvalue weighted by atomic mass is 16.2. The number of amides is 1. The third kappa shape index (κ3) is 2.70. The van der Waals surface area contributed by atoms with Crippen molar-refractivity contribution in [2.45, 2.75) is 38.6 Å². The molecule has 1 aliphatic heterocycles. The van der Waals surface area contributed by atoms with Crippen molar-refractivity contribution in [3.8, 4) is 0 Å². The lowest BCUT2D eigenvalue weighted by Gasteiger charge is -2.34. The summed E-state index contributed by atoms with van der Waals surface area (Å²) in [6.45, 7) is 5.83. The van der Waals surface area contributed by atoms with Crippen molar-refractivity contribution in [1.82, 2.24) is 24.4 Å². The predicted octanol–water partition coefficient (Wildman–Crippen LogP) is 2.21. The highest BCUT2D eigenvalue weighted by Crippen LogP contribution is 2.26. The highest BCUT2D eigenvalue weighted by Gasteiger charge is 2.27. The van der Waals surface area contributed by atoms with Gasteiger partial charge in [-0.1, -0.05) is 13.8 Å². The third-order valence-corrected chi connectivity index (χ3v) is 4.02. The van der Waals surface area contributed by atoms with E-state index in [0.29, 0.717) is 17.7 Å². The Balaban J connectivity index is 1.77. The molecule has 2 aromatic heterocycles. The van der Waals surface area contributed by atoms with Crippen molar-refractivity contribution in [3.05, 3.63) is 36.4 Å². The Labute approximate surface area is 124 Å². The number of aromatic amines is 1. The smallest absolute Gasteiger partial charge is 0.271 e. The van der Waals surface area contributed by atoms with Crippen LogP contribution >= 0.6 is 0 Å². The van der Waals surface area contributed by atoms with Crippen LogP contribution in [0.5, 0.6) is 0 Å². The summed E-state index contributed by atoms with van der Waals surface area (Å²) in [5.41, 5.74) is 0.561. The quantitative estimate of drug-likeness (QED) is 0.941. The van der Waals surface area contributed by atoms with Gasteiger partial charge in [-0.3, -0.25) is 4.79 Å². The number of H-pyrrole nitrogens is 1. The van der Waals surface area contributed by atoms with Gasteiger partial charge in [0.1, 0.15) is 11.5 Å². The maximum atomic E-state index is 12.4. The van der Waals surface area contributed by atoms with E-state index >= 15 is 0 Å². The molecule has 6 nitrogen and oxygen atoms in total. The maximum Gasteiger partial charge on any atom is 0.271 e. The van der Waals surface area contributed by atoms with Crippen LogP contribution in [0.25, 0.3) is 0 Å². The summed E-state index contributed by atoms with van der Waals surface area (Å²) in [6.07, 6.45) is 9.11. The van der Waals surface area contributed by atoms with Gasteiger partial charge in [-0.25, -0.2) is 9.97 Å². The third-order valence-electron chi connectivity index (χ3n) is 4.02. The molecule has 3 heterocycles. The average molecular weight is 287 g/mol. The Hall–Kier alpha value is -2.11. The molecule has 0 unspecified atom stereocenters. The van der Waals surface area contributed by atoms with E-state index in [1.54, 1.807) is 12.5 Å². The standard InChI is InChI=1S/C15H21N5O/c1-11(2)14-17-5-7-20(14)12-4-3-6-19(9-12)15(21)13-8-16-10-18-13/h5,7-8,10-12H,3-4,6,9H2,1-2H3,(H,16,18)/t12-/m1/s1. The molecule has 21 heavy (non-hydrogen) atoms. The number of aromatic nitrogens is 4. The minimum Gasteiger partial charge on any atom is -0.341 e. The van der Waals surface area contributed by atoms with Gasteiger partial charge >= 0.3 is 0 Å². The van der Waals surface area contributed by atoms with Crippen molar-refractivity contribution in [2.24, 2.45) is 0 Å². The van der Waals surface area contributed by atoms with Crippen molar-refractivity contribution < 1.29 is 4.79 Å². The number of nitrogens with zero attached hydrogens (tertiary/aromatic N) is 4. The molecule has 112 valence electrons. The molecule has 1 N–H and O–H groups in total. The SMILES string of the molecule is CC(C)c1nccn1[C@@H]1CCCN(C(=O)c2cnc[nH]2)C1. The van der Waals surface area contributed by atoms with Crippen LogP contribution < -0.4 is 0 Å². The van der Waals surface area contributed by atoms with Gasteiger partial charge < -0.3 is 14.5 Å². The van der Waals surface area contributed by atoms with Crippen molar-refractivity contribution >= 4 is 5.91 Å². The zero-order valence-electron chi connectivity index (χ0n) is 12.5. The number of hydrogen-bond acceptors (Lipinski definition) is 3. The number of likely N-dealkylation sites (tertiary alicyclic amines) is 1. The summed E-state index contributed by atoms with van der Waals surface area (Å²) >= 11 is 0. The molecular weight excluding hydrogens is 266 g/mol. The lowest BCUT2D eigenvalue weighted by Crippen LogP contribution is -2.41. The van der Waals surface area contributed by atoms with E-state index in [2.05, 4.69) is 33.4 Å². The number of hydrogen-bond donors (Lipinski definition) is 1. The number of nitrogens with one attached hydrogen (secondary N) is 1. The molecule has 1 amide bonds. The van der Waals surface area contributed by atoms with E-state index in [0.717, 1.165) is 31.8 Å². The van der Waals surface area contributed by atoms with Crippen LogP contribution in [0.15, 0.2) is 24.9 Å². The van der Waals surface area contributed by atoms with E-state index in [1.807, 2.05) is 17.3 Å². The second-order valence-corrected chi connectivity index (χ2v) is 5.86. The summed E-state index contributed by atoms with van der Waals surface area (Å²) in [5, 5.41) is 0. The molecule has 0 aliphatic carbocycles. The molecule has 0 aromatic carbocycles. The van der Waals surface area contributed by atoms with Crippen LogP contribution in [0, 0.1) is 0 Å². The Bertz CT molecular complexity index is 601. The summed E-state index contributed by atoms with van der Waals surface area (Å²) in [4.78, 5) is 25.6. The zero-order valence-corrected chi connectivity index (χ0v) is 12.5. The fraction of sp³-hybridized carbons (Fsp3) is 0.533. The molecule has 1 atom stereocenters. The molecule has 3 rings (SSSR count). The molecule has 1 saturated heterocycles. The number of carbonyl (C=O) groups excluding carboxylic acids is 1. The Morgan fingerprint density at radius 3 is 3.05 bits per heavy atom. The normalized spacial score (nSPS) is 19.2. The van der Waals surface area contributed by atoms with Crippen LogP contribution in [0.1, 0.15) is 55.0 Å². The van der Waals surface area contributed by atoms with Gasteiger partial charge in [0.25, 0.3) is 5.91 Å². The molecular formula is C15H21N5O. The minimum absolute atomic E-state index is 0.0309. The van der Waals surface area contributed by atoms with Crippen molar-refractivity contribution in [3.63, 3.8) is 0 Å². The Morgan fingerprint density at radius 1 is 1.48 bits per heavy atom. The largest absolute Gasteiger partial charge is 0.341 e. The van der Waals surface area contributed by atoms with Crippen molar-refractivity contribution in [1.29, 1.82) is 0 Å². The van der Waals surface area contributed by atoms with E-state index in [9.17, 15) is 4.79 Å². The number of carbonyl (C=O) groups is 1. The monoisotopic (exact) mass is 287 g/mol. The van der Waals surface area contributed by atoms with Gasteiger partial charge in [0.05, 0.1) is 18.6 Å². The molecule has 0 saturated carbocycles. The van der Waals surface area contributed by atoms with Crippen LogP contribution in [-0.2, 0) is 0 Å². The average Bonchev–Trinajstić information content (AvgIpc) is 3.17. The van der Waals surface area contributed by atoms with E-state index in [1.165, 1.54) is 0 Å². The fourth-order valence-corrected chi connectivity index (χ4v) is 2.99. The van der Waals surface area contributed by atoms with Gasteiger partial charge in [0.15, 0.2) is 0 Å². The van der Waals surface area contributed by atoms with Gasteiger partial charge in [0.2, 0.25) is 0 Å². The topological polar surface area (TPSA) is 66.8 Å². The summed E-state index contributed by atoms with van der Waals surface area (Å²) in [5.74, 6) is 1.51. The van der Waals surface area contributed by atoms with E-state index in [-0.39, 0.29) is 5.91 Å². The highest BCUT2D eigenvalue weighted by molar-refractivity contribution is 5.92. The lowest BCUT2D eigenvalue weighted by atomic mass is 10.0. The zero-order chi connectivity index (χ0) is 14.8. The fourth-order valence-electron chi connectivity index (χ4n) is 2.99. The molecule has 1 aliphatic rings. The summed E-state index contributed by atoms with van der Waals surface area (Å²) in [6, 6.07) is 0.311. The van der Waals surface area contributed by atoms with E-state index in [4.69, 9.17) is 0 Å². The van der Waals surface area contributed by atoms with Crippen molar-refractivity contribution in [2.75, 3.05) is 13.1 Å². The number of rotatable bonds is 3. The summed E-state index contributed by atoms with van der Waals surface area (Å²) < 4.78 is 2.23. The first-order valence-electron chi connectivity index (χ1n) is 7.47. The molecule has 1 fully saturated rings. The first-order chi connectivity index (χ1) is 10.2. The Morgan fingerprint density at radius 2 is 2.33 bits per heavy atom. The molecule has 6 heteroatoms. The second kappa shape index (κ2) is 5.71. The van der Waals surface area contributed by atoms with Crippen LogP contribution in [0.4, 0.5) is 0 Å². The van der Waals surface area contributed by atoms with Gasteiger partial charge in [0, 0.05) is 31.4 Å². The maximum absolute atomic E-state index is 12.4. The van der Waals surface area contributed by atoms with Gasteiger partial charge in [-0.05, 0) is 12.8 Å². The number of imidazole rings is 2. The first kappa shape index (κ1) is 13.9. The van der Waals surface area contributed by atoms with Crippen LogP contribution in [0.2, 0.25) is 0 Å². The minimum atomic E-state index is 0.0309. The lowest BCUT2D eigenvalue weighted by molar-refractivity contribution is 0.0672. The first-order valence-corrected chi connectivity index (χ1v) is 7.47.